The lowest BCUT2D eigenvalue weighted by atomic mass is 9.88. The van der Waals surface area contributed by atoms with Crippen molar-refractivity contribution in [2.24, 2.45) is 0 Å². The molecule has 0 radical (unpaired) electrons. The summed E-state index contributed by atoms with van der Waals surface area (Å²) in [5.41, 5.74) is 5.75. The minimum absolute atomic E-state index is 0.117. The minimum atomic E-state index is -0.251. The predicted molar refractivity (Wildman–Crippen MR) is 165 cm³/mol. The molecular weight excluding hydrogens is 532 g/mol. The standard InChI is InChI=1S/C34H35ClN4O2/c1-23-30(33(40)37-17-16-29(25-10-5-3-6-11-25)26-12-7-4-8-13-26)32(27-14-9-15-28(35)22-27)31(24(2)38-23)34(41)39-20-18-36-19-21-39/h3-15,22,29,36H,16-21H2,1-2H3,(H,37,40). The van der Waals surface area contributed by atoms with Gasteiger partial charge in [0.2, 0.25) is 0 Å². The van der Waals surface area contributed by atoms with E-state index in [0.29, 0.717) is 52.7 Å². The van der Waals surface area contributed by atoms with E-state index in [1.54, 1.807) is 6.07 Å². The minimum Gasteiger partial charge on any atom is -0.352 e. The number of pyridine rings is 1. The molecule has 1 saturated heterocycles. The maximum Gasteiger partial charge on any atom is 0.256 e. The monoisotopic (exact) mass is 566 g/mol. The second-order valence-electron chi connectivity index (χ2n) is 10.4. The number of carbonyl (C=O) groups is 2. The molecule has 0 spiro atoms. The lowest BCUT2D eigenvalue weighted by Gasteiger charge is -2.29. The summed E-state index contributed by atoms with van der Waals surface area (Å²) >= 11 is 6.40. The molecule has 1 aliphatic heterocycles. The summed E-state index contributed by atoms with van der Waals surface area (Å²) in [7, 11) is 0. The number of piperazine rings is 1. The van der Waals surface area contributed by atoms with Crippen LogP contribution in [0.2, 0.25) is 5.02 Å². The smallest absolute Gasteiger partial charge is 0.256 e. The molecule has 0 saturated carbocycles. The number of aryl methyl sites for hydroxylation is 2. The zero-order chi connectivity index (χ0) is 28.8. The van der Waals surface area contributed by atoms with Crippen molar-refractivity contribution >= 4 is 23.4 Å². The molecule has 3 aromatic carbocycles. The van der Waals surface area contributed by atoms with Gasteiger partial charge in [-0.25, -0.2) is 0 Å². The van der Waals surface area contributed by atoms with Crippen molar-refractivity contribution in [1.29, 1.82) is 0 Å². The highest BCUT2D eigenvalue weighted by molar-refractivity contribution is 6.31. The zero-order valence-electron chi connectivity index (χ0n) is 23.5. The van der Waals surface area contributed by atoms with Crippen LogP contribution in [0.4, 0.5) is 0 Å². The van der Waals surface area contributed by atoms with Crippen LogP contribution >= 0.6 is 11.6 Å². The lowest BCUT2D eigenvalue weighted by Crippen LogP contribution is -2.46. The number of nitrogens with one attached hydrogen (secondary N) is 2. The van der Waals surface area contributed by atoms with E-state index in [9.17, 15) is 9.59 Å². The Hall–Kier alpha value is -4.00. The average Bonchev–Trinajstić information content (AvgIpc) is 3.00. The van der Waals surface area contributed by atoms with Gasteiger partial charge in [0.25, 0.3) is 11.8 Å². The van der Waals surface area contributed by atoms with Gasteiger partial charge in [-0.3, -0.25) is 14.6 Å². The summed E-state index contributed by atoms with van der Waals surface area (Å²) in [5, 5.41) is 6.98. The van der Waals surface area contributed by atoms with Crippen LogP contribution in [0.5, 0.6) is 0 Å². The molecule has 2 N–H and O–H groups in total. The first-order valence-corrected chi connectivity index (χ1v) is 14.5. The van der Waals surface area contributed by atoms with E-state index in [-0.39, 0.29) is 17.7 Å². The first-order valence-electron chi connectivity index (χ1n) is 14.1. The molecule has 5 rings (SSSR count). The van der Waals surface area contributed by atoms with Gasteiger partial charge in [-0.1, -0.05) is 84.4 Å². The van der Waals surface area contributed by atoms with Crippen molar-refractivity contribution in [3.63, 3.8) is 0 Å². The molecule has 210 valence electrons. The van der Waals surface area contributed by atoms with Gasteiger partial charge in [-0.15, -0.1) is 0 Å². The number of amides is 2. The van der Waals surface area contributed by atoms with Crippen LogP contribution in [0, 0.1) is 13.8 Å². The number of benzene rings is 3. The zero-order valence-corrected chi connectivity index (χ0v) is 24.2. The molecule has 0 atom stereocenters. The third kappa shape index (κ3) is 6.50. The Morgan fingerprint density at radius 2 is 1.49 bits per heavy atom. The van der Waals surface area contributed by atoms with Gasteiger partial charge in [-0.2, -0.15) is 0 Å². The topological polar surface area (TPSA) is 74.3 Å². The Bertz CT molecular complexity index is 1480. The first-order chi connectivity index (χ1) is 19.9. The lowest BCUT2D eigenvalue weighted by molar-refractivity contribution is 0.0735. The highest BCUT2D eigenvalue weighted by Gasteiger charge is 2.29. The Morgan fingerprint density at radius 3 is 2.10 bits per heavy atom. The summed E-state index contributed by atoms with van der Waals surface area (Å²) in [6.07, 6.45) is 0.719. The van der Waals surface area contributed by atoms with Gasteiger partial charge >= 0.3 is 0 Å². The molecular formula is C34H35ClN4O2. The van der Waals surface area contributed by atoms with Crippen LogP contribution in [0.1, 0.15) is 55.6 Å². The van der Waals surface area contributed by atoms with E-state index < -0.39 is 0 Å². The van der Waals surface area contributed by atoms with Crippen LogP contribution in [0.15, 0.2) is 84.9 Å². The number of aromatic nitrogens is 1. The molecule has 4 aromatic rings. The molecule has 2 heterocycles. The number of nitrogens with zero attached hydrogens (tertiary/aromatic N) is 2. The van der Waals surface area contributed by atoms with E-state index in [2.05, 4.69) is 34.9 Å². The summed E-state index contributed by atoms with van der Waals surface area (Å²) in [5.74, 6) is -0.236. The third-order valence-corrected chi connectivity index (χ3v) is 7.87. The van der Waals surface area contributed by atoms with Crippen molar-refractivity contribution in [3.05, 3.63) is 124 Å². The van der Waals surface area contributed by atoms with Gasteiger partial charge in [0.15, 0.2) is 0 Å². The molecule has 6 nitrogen and oxygen atoms in total. The fourth-order valence-corrected chi connectivity index (χ4v) is 5.85. The number of halogens is 1. The highest BCUT2D eigenvalue weighted by atomic mass is 35.5. The Balaban J connectivity index is 1.49. The maximum absolute atomic E-state index is 13.9. The summed E-state index contributed by atoms with van der Waals surface area (Å²) < 4.78 is 0. The molecule has 2 amide bonds. The van der Waals surface area contributed by atoms with E-state index >= 15 is 0 Å². The van der Waals surface area contributed by atoms with Gasteiger partial charge in [0.1, 0.15) is 0 Å². The number of rotatable bonds is 8. The summed E-state index contributed by atoms with van der Waals surface area (Å²) in [6, 6.07) is 28.0. The maximum atomic E-state index is 13.9. The molecule has 1 fully saturated rings. The van der Waals surface area contributed by atoms with E-state index in [1.165, 1.54) is 11.1 Å². The van der Waals surface area contributed by atoms with Crippen molar-refractivity contribution in [3.8, 4) is 11.1 Å². The number of carbonyl (C=O) groups excluding carboxylic acids is 2. The third-order valence-electron chi connectivity index (χ3n) is 7.64. The van der Waals surface area contributed by atoms with Crippen molar-refractivity contribution in [2.45, 2.75) is 26.2 Å². The molecule has 1 aromatic heterocycles. The van der Waals surface area contributed by atoms with Crippen LogP contribution in [-0.2, 0) is 0 Å². The number of hydrogen-bond donors (Lipinski definition) is 2. The normalized spacial score (nSPS) is 13.3. The molecule has 0 unspecified atom stereocenters. The Labute approximate surface area is 246 Å². The average molecular weight is 567 g/mol. The van der Waals surface area contributed by atoms with Crippen molar-refractivity contribution in [2.75, 3.05) is 32.7 Å². The highest BCUT2D eigenvalue weighted by Crippen LogP contribution is 2.34. The number of hydrogen-bond acceptors (Lipinski definition) is 4. The molecule has 7 heteroatoms. The van der Waals surface area contributed by atoms with Gasteiger partial charge in [0.05, 0.1) is 22.5 Å². The van der Waals surface area contributed by atoms with Gasteiger partial charge in [0, 0.05) is 49.2 Å². The fourth-order valence-electron chi connectivity index (χ4n) is 5.66. The van der Waals surface area contributed by atoms with Crippen LogP contribution < -0.4 is 10.6 Å². The Morgan fingerprint density at radius 1 is 0.878 bits per heavy atom. The van der Waals surface area contributed by atoms with Crippen LogP contribution in [-0.4, -0.2) is 54.4 Å². The summed E-state index contributed by atoms with van der Waals surface area (Å²) in [6.45, 7) is 6.78. The largest absolute Gasteiger partial charge is 0.352 e. The van der Waals surface area contributed by atoms with Crippen molar-refractivity contribution < 1.29 is 9.59 Å². The molecule has 1 aliphatic rings. The van der Waals surface area contributed by atoms with E-state index in [4.69, 9.17) is 16.6 Å². The Kier molecular flexibility index (Phi) is 9.12. The second-order valence-corrected chi connectivity index (χ2v) is 10.8. The first kappa shape index (κ1) is 28.5. The van der Waals surface area contributed by atoms with Gasteiger partial charge < -0.3 is 15.5 Å². The van der Waals surface area contributed by atoms with Crippen molar-refractivity contribution in [1.82, 2.24) is 20.5 Å². The van der Waals surface area contributed by atoms with Crippen LogP contribution in [0.3, 0.4) is 0 Å². The second kappa shape index (κ2) is 13.1. The molecule has 0 aliphatic carbocycles. The summed E-state index contributed by atoms with van der Waals surface area (Å²) in [4.78, 5) is 34.4. The SMILES string of the molecule is Cc1nc(C)c(C(=O)N2CCNCC2)c(-c2cccc(Cl)c2)c1C(=O)NCCC(c1ccccc1)c1ccccc1. The van der Waals surface area contributed by atoms with E-state index in [1.807, 2.05) is 73.3 Å². The quantitative estimate of drug-likeness (QED) is 0.274. The predicted octanol–water partition coefficient (Wildman–Crippen LogP) is 6.02. The van der Waals surface area contributed by atoms with E-state index in [0.717, 1.165) is 25.1 Å². The molecule has 41 heavy (non-hydrogen) atoms. The molecule has 0 bridgehead atoms. The van der Waals surface area contributed by atoms with Crippen LogP contribution in [0.25, 0.3) is 11.1 Å². The fraction of sp³-hybridized carbons (Fsp3) is 0.265. The van der Waals surface area contributed by atoms with Gasteiger partial charge in [-0.05, 0) is 49.1 Å².